The van der Waals surface area contributed by atoms with Gasteiger partial charge in [0.15, 0.2) is 23.8 Å². The highest BCUT2D eigenvalue weighted by atomic mass is 16.8. The third-order valence-corrected chi connectivity index (χ3v) is 16.0. The van der Waals surface area contributed by atoms with Crippen LogP contribution < -0.4 is 15.4 Å². The second kappa shape index (κ2) is 37.0. The molecule has 1 saturated carbocycles. The molecule has 1 aliphatic carbocycles. The number of amides is 2. The van der Waals surface area contributed by atoms with Crippen LogP contribution in [0.2, 0.25) is 0 Å². The van der Waals surface area contributed by atoms with Crippen LogP contribution in [0.3, 0.4) is 0 Å². The van der Waals surface area contributed by atoms with Gasteiger partial charge in [-0.1, -0.05) is 210 Å². The summed E-state index contributed by atoms with van der Waals surface area (Å²) in [5.74, 6) is -0.0393. The molecule has 7 aliphatic rings. The summed E-state index contributed by atoms with van der Waals surface area (Å²) in [6, 6.07) is 63.4. The molecule has 8 unspecified atom stereocenters. The molecule has 0 spiro atoms. The molecule has 5 saturated heterocycles. The monoisotopic (exact) mass is 1350 g/mol. The normalized spacial score (nSPS) is 21.2. The fourth-order valence-electron chi connectivity index (χ4n) is 10.7. The van der Waals surface area contributed by atoms with E-state index >= 15 is 0 Å². The molecular weight excluding hydrogens is 1270 g/mol. The van der Waals surface area contributed by atoms with E-state index in [1.165, 1.54) is 10.8 Å². The molecular formula is C78H86N2O19. The van der Waals surface area contributed by atoms with Crippen molar-refractivity contribution >= 4 is 69.0 Å². The molecule has 21 nitrogen and oxygen atoms in total. The molecule has 8 aromatic carbocycles. The number of para-hydroxylation sites is 1. The summed E-state index contributed by atoms with van der Waals surface area (Å²) in [5, 5.41) is 55.9. The number of esters is 2. The maximum atomic E-state index is 12.0. The van der Waals surface area contributed by atoms with Crippen LogP contribution in [-0.4, -0.2) is 130 Å². The summed E-state index contributed by atoms with van der Waals surface area (Å²) in [4.78, 5) is 85.7. The number of alkyl carbamates (subject to hydrolysis) is 1. The predicted molar refractivity (Wildman–Crippen MR) is 369 cm³/mol. The van der Waals surface area contributed by atoms with Crippen molar-refractivity contribution < 1.29 is 92.3 Å². The minimum absolute atomic E-state index is 0.0266. The molecule has 0 aromatic heterocycles. The van der Waals surface area contributed by atoms with Crippen LogP contribution in [0.4, 0.5) is 9.59 Å². The maximum Gasteiger partial charge on any atom is 0.508 e. The maximum absolute atomic E-state index is 12.0. The van der Waals surface area contributed by atoms with Crippen LogP contribution in [0, 0.1) is 10.8 Å². The lowest BCUT2D eigenvalue weighted by atomic mass is 9.71. The first kappa shape index (κ1) is 76.2. The Morgan fingerprint density at radius 3 is 1.53 bits per heavy atom. The summed E-state index contributed by atoms with van der Waals surface area (Å²) < 4.78 is 28.5. The van der Waals surface area contributed by atoms with Crippen molar-refractivity contribution in [3.8, 4) is 5.75 Å². The topological polar surface area (TPSA) is 317 Å². The molecule has 15 rings (SSSR count). The first-order valence-electron chi connectivity index (χ1n) is 32.5. The highest BCUT2D eigenvalue weighted by molar-refractivity contribution is 6.03. The molecule has 2 amide bonds. The number of benzene rings is 8. The predicted octanol–water partition coefficient (Wildman–Crippen LogP) is 11.5. The van der Waals surface area contributed by atoms with Crippen molar-refractivity contribution in [1.82, 2.24) is 10.6 Å². The molecule has 99 heavy (non-hydrogen) atoms. The Hall–Kier alpha value is -10.2. The number of aliphatic hydroxyl groups is 5. The standard InChI is InChI=1S/C16H14O.C15H12O2.C14H12O2.C9H9NO2.C6H10O3.C6H10O.C4H7NO2.2C4H6O3/c1-11(17)16-14-8-4-2-6-12(14)10-13-7-3-5-9-15(13)16;16-13-10-15(11-6-2-1-3-7-11)17-14-9-5-4-8-12(13)14;15-13(11-7-3-1-4-8-11)14(16)12-9-5-2-6-10-12;11-9-10-8(6-12-9)7-4-2-1-3-5-7;1-6(2)3-9-5(8)4(6)7;1-6(2)3-5(7)4-6;6-3-1-4(7)5-2-3;1-3-2-6-4(5)7-3;5-3-1-2-7-4(3)6/h2-11,17H,1H3;1-9,15H,10H2;1-10,13,15H;1-5,8H,6H2,(H,10,11);4,7H,3H2,1-2H3;3-4H2,1-2H3;3,6H,1-2H2,(H,5,7);3H,2H2,1H3;3,5H,1-2H2. The van der Waals surface area contributed by atoms with Crippen LogP contribution >= 0.6 is 0 Å². The van der Waals surface area contributed by atoms with Crippen molar-refractivity contribution in [1.29, 1.82) is 0 Å². The van der Waals surface area contributed by atoms with Crippen LogP contribution in [-0.2, 0) is 42.9 Å². The van der Waals surface area contributed by atoms with Crippen molar-refractivity contribution in [3.63, 3.8) is 0 Å². The number of nitrogens with one attached hydrogen (secondary N) is 2. The highest BCUT2D eigenvalue weighted by Gasteiger charge is 2.42. The summed E-state index contributed by atoms with van der Waals surface area (Å²) in [5.41, 5.74) is 4.96. The van der Waals surface area contributed by atoms with Gasteiger partial charge < -0.3 is 64.6 Å². The zero-order chi connectivity index (χ0) is 71.7. The third-order valence-electron chi connectivity index (χ3n) is 16.0. The number of ketones is 3. The van der Waals surface area contributed by atoms with Crippen molar-refractivity contribution in [3.05, 3.63) is 234 Å². The van der Waals surface area contributed by atoms with Gasteiger partial charge in [0.2, 0.25) is 5.91 Å². The zero-order valence-electron chi connectivity index (χ0n) is 56.2. The van der Waals surface area contributed by atoms with Gasteiger partial charge in [0.1, 0.15) is 43.1 Å². The molecule has 522 valence electrons. The lowest BCUT2D eigenvalue weighted by Gasteiger charge is -2.31. The van der Waals surface area contributed by atoms with Gasteiger partial charge in [-0.2, -0.15) is 0 Å². The van der Waals surface area contributed by atoms with Gasteiger partial charge in [-0.25, -0.2) is 19.2 Å². The van der Waals surface area contributed by atoms with Gasteiger partial charge >= 0.3 is 24.2 Å². The largest absolute Gasteiger partial charge is 0.508 e. The smallest absolute Gasteiger partial charge is 0.484 e. The van der Waals surface area contributed by atoms with Crippen LogP contribution in [0.15, 0.2) is 200 Å². The number of Topliss-reactive ketones (excluding diaryl/α,β-unsaturated/α-hetero) is 3. The number of hydrogen-bond donors (Lipinski definition) is 7. The van der Waals surface area contributed by atoms with Gasteiger partial charge in [0.05, 0.1) is 49.9 Å². The zero-order valence-corrected chi connectivity index (χ0v) is 56.2. The van der Waals surface area contributed by atoms with Gasteiger partial charge in [0.25, 0.3) is 0 Å². The summed E-state index contributed by atoms with van der Waals surface area (Å²) >= 11 is 0. The van der Waals surface area contributed by atoms with Crippen molar-refractivity contribution in [2.24, 2.45) is 10.8 Å². The van der Waals surface area contributed by atoms with E-state index in [1.807, 2.05) is 128 Å². The SMILES string of the molecule is CC(O)c1c2ccccc2cc2ccccc12.CC1(C)CC(=O)C1.CC1(C)COC(=O)C1O.CC1COC(=O)O1.O=C(c1ccccc1)C(O)c1ccccc1.O=C1CC(O)CN1.O=C1CC(c2ccccc2)Oc2ccccc21.O=C1NC(c2ccccc2)CO1.O=C1OCCC1O. The Labute approximate surface area is 575 Å². The number of rotatable bonds is 6. The number of hydrogen-bond acceptors (Lipinski definition) is 19. The summed E-state index contributed by atoms with van der Waals surface area (Å²) in [7, 11) is 0. The third kappa shape index (κ3) is 23.5. The minimum atomic E-state index is -1.08. The number of carbonyl (C=O) groups excluding carboxylic acids is 8. The number of fused-ring (bicyclic) bond motifs is 3. The van der Waals surface area contributed by atoms with Crippen LogP contribution in [0.5, 0.6) is 5.75 Å². The average Bonchev–Trinajstić information content (AvgIpc) is 1.38. The second-order valence-corrected chi connectivity index (χ2v) is 25.5. The summed E-state index contributed by atoms with van der Waals surface area (Å²) in [6.07, 6.45) is -2.08. The number of ether oxygens (including phenoxy) is 6. The van der Waals surface area contributed by atoms with Gasteiger partial charge in [0, 0.05) is 36.8 Å². The molecule has 6 heterocycles. The van der Waals surface area contributed by atoms with Gasteiger partial charge in [-0.15, -0.1) is 0 Å². The van der Waals surface area contributed by atoms with E-state index in [0.717, 1.165) is 40.3 Å². The average molecular weight is 1360 g/mol. The lowest BCUT2D eigenvalue weighted by molar-refractivity contribution is -0.145. The van der Waals surface area contributed by atoms with Crippen molar-refractivity contribution in [2.45, 2.75) is 122 Å². The molecule has 0 bridgehead atoms. The second-order valence-electron chi connectivity index (χ2n) is 25.5. The summed E-state index contributed by atoms with van der Waals surface area (Å²) in [6.45, 7) is 13.4. The molecule has 21 heteroatoms. The van der Waals surface area contributed by atoms with E-state index in [9.17, 15) is 48.6 Å². The highest BCUT2D eigenvalue weighted by Crippen LogP contribution is 2.37. The minimum Gasteiger partial charge on any atom is -0.484 e. The Kier molecular flexibility index (Phi) is 28.5. The number of carbonyl (C=O) groups is 8. The van der Waals surface area contributed by atoms with E-state index < -0.39 is 54.0 Å². The molecule has 6 fully saturated rings. The number of β-amino-alcohol motifs (C(OH)–C–C–N with tert-alkyl or cyclic N) is 1. The Morgan fingerprint density at radius 1 is 0.586 bits per heavy atom. The van der Waals surface area contributed by atoms with E-state index in [-0.39, 0.29) is 48.2 Å². The number of cyclic esters (lactones) is 5. The Balaban J connectivity index is 0.000000160. The first-order chi connectivity index (χ1) is 47.3. The molecule has 6 aliphatic heterocycles. The molecule has 0 radical (unpaired) electrons. The fourth-order valence-corrected chi connectivity index (χ4v) is 10.7. The fraction of sp³-hybridized carbons (Fsp3) is 0.333. The lowest BCUT2D eigenvalue weighted by Crippen LogP contribution is -2.31. The number of aliphatic hydroxyl groups excluding tert-OH is 5. The Bertz CT molecular complexity index is 3890. The molecule has 7 N–H and O–H groups in total. The van der Waals surface area contributed by atoms with Crippen molar-refractivity contribution in [2.75, 3.05) is 33.0 Å². The first-order valence-corrected chi connectivity index (χ1v) is 32.5. The van der Waals surface area contributed by atoms with E-state index in [0.29, 0.717) is 79.5 Å². The van der Waals surface area contributed by atoms with Crippen LogP contribution in [0.25, 0.3) is 21.5 Å². The van der Waals surface area contributed by atoms with E-state index in [2.05, 4.69) is 73.8 Å². The molecule has 8 aromatic rings. The molecule has 8 atom stereocenters. The van der Waals surface area contributed by atoms with Gasteiger partial charge in [-0.05, 0) is 81.3 Å². The van der Waals surface area contributed by atoms with E-state index in [4.69, 9.17) is 24.8 Å². The van der Waals surface area contributed by atoms with E-state index in [1.54, 1.807) is 69.3 Å². The van der Waals surface area contributed by atoms with Gasteiger partial charge in [-0.3, -0.25) is 19.2 Å². The Morgan fingerprint density at radius 2 is 1.13 bits per heavy atom. The van der Waals surface area contributed by atoms with Crippen LogP contribution in [0.1, 0.15) is 141 Å². The quantitative estimate of drug-likeness (QED) is 0.0352.